The molecule has 1 unspecified atom stereocenters. The Morgan fingerprint density at radius 2 is 1.26 bits per heavy atom. The standard InChI is InChI=1S/C18H38O4.Na/c1-2-3-4-5-6-7-8-9-10-11-12-18(20)17-22-16-15-21-14-13-19;/h18-20H,2-17H2,1H3;. The van der Waals surface area contributed by atoms with Crippen molar-refractivity contribution in [3.63, 3.8) is 0 Å². The minimum atomic E-state index is -0.355. The molecule has 1 radical (unpaired) electrons. The number of ether oxygens (including phenoxy) is 2. The van der Waals surface area contributed by atoms with Crippen LogP contribution in [0.3, 0.4) is 0 Å². The second-order valence-corrected chi connectivity index (χ2v) is 6.04. The maximum absolute atomic E-state index is 9.77. The minimum absolute atomic E-state index is 0. The topological polar surface area (TPSA) is 58.9 Å². The van der Waals surface area contributed by atoms with E-state index < -0.39 is 0 Å². The van der Waals surface area contributed by atoms with E-state index in [9.17, 15) is 5.11 Å². The fraction of sp³-hybridized carbons (Fsp3) is 1.00. The largest absolute Gasteiger partial charge is 0.394 e. The molecule has 0 aromatic rings. The van der Waals surface area contributed by atoms with Crippen molar-refractivity contribution in [3.05, 3.63) is 0 Å². The zero-order chi connectivity index (χ0) is 16.3. The molecule has 0 amide bonds. The summed E-state index contributed by atoms with van der Waals surface area (Å²) in [6.07, 6.45) is 13.6. The molecule has 0 rings (SSSR count). The summed E-state index contributed by atoms with van der Waals surface area (Å²) in [4.78, 5) is 0. The van der Waals surface area contributed by atoms with Crippen LogP contribution >= 0.6 is 0 Å². The number of hydrogen-bond donors (Lipinski definition) is 2. The Bertz CT molecular complexity index is 205. The Hall–Kier alpha value is 0.840. The quantitative estimate of drug-likeness (QED) is 0.297. The second kappa shape index (κ2) is 22.8. The third-order valence-corrected chi connectivity index (χ3v) is 3.81. The third-order valence-electron chi connectivity index (χ3n) is 3.81. The van der Waals surface area contributed by atoms with Crippen molar-refractivity contribution < 1.29 is 19.7 Å². The van der Waals surface area contributed by atoms with Crippen LogP contribution in [0.5, 0.6) is 0 Å². The molecule has 0 bridgehead atoms. The number of aliphatic hydroxyl groups excluding tert-OH is 2. The molecule has 23 heavy (non-hydrogen) atoms. The summed E-state index contributed by atoms with van der Waals surface area (Å²) >= 11 is 0. The van der Waals surface area contributed by atoms with Crippen LogP contribution < -0.4 is 0 Å². The monoisotopic (exact) mass is 341 g/mol. The maximum atomic E-state index is 9.77. The molecule has 135 valence electrons. The van der Waals surface area contributed by atoms with Crippen LogP contribution in [0, 0.1) is 0 Å². The fourth-order valence-electron chi connectivity index (χ4n) is 2.45. The summed E-state index contributed by atoms with van der Waals surface area (Å²) in [6, 6.07) is 0. The molecule has 0 spiro atoms. The van der Waals surface area contributed by atoms with E-state index in [-0.39, 0.29) is 42.3 Å². The number of aliphatic hydroxyl groups is 2. The van der Waals surface area contributed by atoms with E-state index in [1.807, 2.05) is 0 Å². The first kappa shape index (κ1) is 26.1. The molecule has 0 aromatic carbocycles. The molecule has 0 fully saturated rings. The van der Waals surface area contributed by atoms with Crippen molar-refractivity contribution in [2.24, 2.45) is 0 Å². The van der Waals surface area contributed by atoms with Crippen LogP contribution in [0.1, 0.15) is 77.6 Å². The SMILES string of the molecule is CCCCCCCCCCCCC(O)COCCOCCO.[Na]. The average molecular weight is 341 g/mol. The molecule has 0 aliphatic carbocycles. The van der Waals surface area contributed by atoms with Gasteiger partial charge in [0.25, 0.3) is 0 Å². The van der Waals surface area contributed by atoms with Crippen LogP contribution in [0.2, 0.25) is 0 Å². The molecule has 0 aliphatic heterocycles. The van der Waals surface area contributed by atoms with Crippen molar-refractivity contribution >= 4 is 29.6 Å². The van der Waals surface area contributed by atoms with Crippen LogP contribution in [-0.2, 0) is 9.47 Å². The summed E-state index contributed by atoms with van der Waals surface area (Å²) < 4.78 is 10.4. The second-order valence-electron chi connectivity index (χ2n) is 6.04. The van der Waals surface area contributed by atoms with Gasteiger partial charge in [0.15, 0.2) is 0 Å². The van der Waals surface area contributed by atoms with E-state index in [1.54, 1.807) is 0 Å². The molecule has 4 nitrogen and oxygen atoms in total. The fourth-order valence-corrected chi connectivity index (χ4v) is 2.45. The zero-order valence-electron chi connectivity index (χ0n) is 15.6. The van der Waals surface area contributed by atoms with Gasteiger partial charge in [-0.25, -0.2) is 0 Å². The van der Waals surface area contributed by atoms with Gasteiger partial charge in [-0.3, -0.25) is 0 Å². The van der Waals surface area contributed by atoms with E-state index >= 15 is 0 Å². The maximum Gasteiger partial charge on any atom is 0.0773 e. The summed E-state index contributed by atoms with van der Waals surface area (Å²) in [5.41, 5.74) is 0. The van der Waals surface area contributed by atoms with Gasteiger partial charge in [0.1, 0.15) is 0 Å². The summed E-state index contributed by atoms with van der Waals surface area (Å²) in [5, 5.41) is 18.3. The molecule has 5 heteroatoms. The molecule has 0 saturated heterocycles. The summed E-state index contributed by atoms with van der Waals surface area (Å²) in [7, 11) is 0. The first-order chi connectivity index (χ1) is 10.8. The summed E-state index contributed by atoms with van der Waals surface area (Å²) in [5.74, 6) is 0. The van der Waals surface area contributed by atoms with Crippen LogP contribution in [-0.4, -0.2) is 78.9 Å². The van der Waals surface area contributed by atoms with Crippen molar-refractivity contribution in [1.82, 2.24) is 0 Å². The number of hydrogen-bond acceptors (Lipinski definition) is 4. The van der Waals surface area contributed by atoms with Gasteiger partial charge in [-0.1, -0.05) is 71.1 Å². The van der Waals surface area contributed by atoms with Gasteiger partial charge in [0, 0.05) is 29.6 Å². The molecule has 0 saturated carbocycles. The predicted molar refractivity (Wildman–Crippen MR) is 96.9 cm³/mol. The zero-order valence-corrected chi connectivity index (χ0v) is 17.6. The van der Waals surface area contributed by atoms with Crippen molar-refractivity contribution in [2.75, 3.05) is 33.0 Å². The van der Waals surface area contributed by atoms with E-state index in [4.69, 9.17) is 14.6 Å². The van der Waals surface area contributed by atoms with Gasteiger partial charge in [-0.05, 0) is 6.42 Å². The van der Waals surface area contributed by atoms with Crippen molar-refractivity contribution in [1.29, 1.82) is 0 Å². The van der Waals surface area contributed by atoms with Gasteiger partial charge in [0.2, 0.25) is 0 Å². The minimum Gasteiger partial charge on any atom is -0.394 e. The molecule has 0 aliphatic rings. The van der Waals surface area contributed by atoms with Gasteiger partial charge in [-0.15, -0.1) is 0 Å². The predicted octanol–water partition coefficient (Wildman–Crippen LogP) is 3.30. The van der Waals surface area contributed by atoms with E-state index in [0.29, 0.717) is 26.4 Å². The van der Waals surface area contributed by atoms with Gasteiger partial charge in [-0.2, -0.15) is 0 Å². The first-order valence-corrected chi connectivity index (χ1v) is 9.25. The van der Waals surface area contributed by atoms with E-state index in [0.717, 1.165) is 12.8 Å². The van der Waals surface area contributed by atoms with Crippen molar-refractivity contribution in [2.45, 2.75) is 83.7 Å². The molecule has 0 heterocycles. The Kier molecular flexibility index (Phi) is 25.9. The molecule has 2 N–H and O–H groups in total. The van der Waals surface area contributed by atoms with E-state index in [2.05, 4.69) is 6.92 Å². The molecule has 0 aromatic heterocycles. The van der Waals surface area contributed by atoms with Crippen LogP contribution in [0.4, 0.5) is 0 Å². The Balaban J connectivity index is 0. The smallest absolute Gasteiger partial charge is 0.0773 e. The van der Waals surface area contributed by atoms with Gasteiger partial charge < -0.3 is 19.7 Å². The van der Waals surface area contributed by atoms with Crippen molar-refractivity contribution in [3.8, 4) is 0 Å². The average Bonchev–Trinajstić information content (AvgIpc) is 2.52. The molecular formula is C18H38NaO4. The number of unbranched alkanes of at least 4 members (excludes halogenated alkanes) is 9. The van der Waals surface area contributed by atoms with Crippen LogP contribution in [0.25, 0.3) is 0 Å². The van der Waals surface area contributed by atoms with E-state index in [1.165, 1.54) is 57.8 Å². The molecular weight excluding hydrogens is 303 g/mol. The Morgan fingerprint density at radius 3 is 1.83 bits per heavy atom. The first-order valence-electron chi connectivity index (χ1n) is 9.25. The molecule has 1 atom stereocenters. The normalized spacial score (nSPS) is 12.1. The van der Waals surface area contributed by atoms with Crippen LogP contribution in [0.15, 0.2) is 0 Å². The van der Waals surface area contributed by atoms with Gasteiger partial charge >= 0.3 is 0 Å². The summed E-state index contributed by atoms with van der Waals surface area (Å²) in [6.45, 7) is 4.00. The van der Waals surface area contributed by atoms with Gasteiger partial charge in [0.05, 0.1) is 39.1 Å². The number of rotatable bonds is 18. The Labute approximate surface area is 165 Å². The Morgan fingerprint density at radius 1 is 0.739 bits per heavy atom. The third kappa shape index (κ3) is 22.8.